The van der Waals surface area contributed by atoms with Gasteiger partial charge in [0.1, 0.15) is 0 Å². The monoisotopic (exact) mass is 346 g/mol. The van der Waals surface area contributed by atoms with Crippen molar-refractivity contribution >= 4 is 33.2 Å². The molecule has 0 aromatic carbocycles. The Morgan fingerprint density at radius 2 is 2.00 bits per heavy atom. The molecule has 1 heterocycles. The highest BCUT2D eigenvalue weighted by Crippen LogP contribution is 2.28. The van der Waals surface area contributed by atoms with Gasteiger partial charge in [0.15, 0.2) is 0 Å². The molecule has 1 aromatic heterocycles. The van der Waals surface area contributed by atoms with Crippen LogP contribution >= 0.6 is 27.3 Å². The van der Waals surface area contributed by atoms with Crippen LogP contribution in [0.2, 0.25) is 0 Å². The second kappa shape index (κ2) is 7.41. The van der Waals surface area contributed by atoms with Crippen LogP contribution < -0.4 is 0 Å². The first-order chi connectivity index (χ1) is 8.81. The topological polar surface area (TPSA) is 23.6 Å². The number of hydrogen-bond acceptors (Lipinski definition) is 3. The van der Waals surface area contributed by atoms with E-state index in [0.29, 0.717) is 5.92 Å². The molecule has 0 aliphatic heterocycles. The summed E-state index contributed by atoms with van der Waals surface area (Å²) in [6.45, 7) is 8.78. The zero-order chi connectivity index (χ0) is 14.6. The predicted octanol–water partition coefficient (Wildman–Crippen LogP) is 3.48. The molecule has 0 unspecified atom stereocenters. The lowest BCUT2D eigenvalue weighted by Gasteiger charge is -2.25. The molecule has 5 heteroatoms. The minimum atomic E-state index is 0.148. The minimum Gasteiger partial charge on any atom is -0.336 e. The third-order valence-corrected chi connectivity index (χ3v) is 4.88. The van der Waals surface area contributed by atoms with Gasteiger partial charge in [0.25, 0.3) is 5.91 Å². The highest BCUT2D eigenvalue weighted by atomic mass is 79.9. The summed E-state index contributed by atoms with van der Waals surface area (Å²) in [4.78, 5) is 17.4. The van der Waals surface area contributed by atoms with Crippen molar-refractivity contribution in [3.05, 3.63) is 20.3 Å². The van der Waals surface area contributed by atoms with Crippen LogP contribution in [0.4, 0.5) is 0 Å². The van der Waals surface area contributed by atoms with Crippen LogP contribution in [-0.4, -0.2) is 49.4 Å². The molecule has 1 aromatic rings. The average molecular weight is 347 g/mol. The Balaban J connectivity index is 2.80. The van der Waals surface area contributed by atoms with Gasteiger partial charge in [0.2, 0.25) is 0 Å². The van der Waals surface area contributed by atoms with E-state index < -0.39 is 0 Å². The second-order valence-electron chi connectivity index (χ2n) is 5.52. The van der Waals surface area contributed by atoms with E-state index in [1.54, 1.807) is 0 Å². The van der Waals surface area contributed by atoms with Crippen molar-refractivity contribution in [1.82, 2.24) is 9.80 Å². The summed E-state index contributed by atoms with van der Waals surface area (Å²) in [7, 11) is 4.06. The van der Waals surface area contributed by atoms with Gasteiger partial charge in [0, 0.05) is 19.6 Å². The largest absolute Gasteiger partial charge is 0.336 e. The van der Waals surface area contributed by atoms with Gasteiger partial charge in [-0.15, -0.1) is 11.3 Å². The van der Waals surface area contributed by atoms with Gasteiger partial charge < -0.3 is 9.80 Å². The Morgan fingerprint density at radius 3 is 2.42 bits per heavy atom. The van der Waals surface area contributed by atoms with Crippen molar-refractivity contribution in [3.63, 3.8) is 0 Å². The lowest BCUT2D eigenvalue weighted by atomic mass is 10.2. The van der Waals surface area contributed by atoms with E-state index in [9.17, 15) is 4.79 Å². The molecule has 0 aliphatic carbocycles. The fourth-order valence-electron chi connectivity index (χ4n) is 1.76. The standard InChI is InChI=1S/C14H23BrN2OS/c1-10(2)9-17(7-6-16(4)5)14(18)12-8-11(3)13(15)19-12/h8,10H,6-7,9H2,1-5H3. The van der Waals surface area contributed by atoms with Crippen molar-refractivity contribution in [2.24, 2.45) is 5.92 Å². The first kappa shape index (κ1) is 16.7. The van der Waals surface area contributed by atoms with Gasteiger partial charge in [-0.2, -0.15) is 0 Å². The van der Waals surface area contributed by atoms with E-state index in [1.807, 2.05) is 32.0 Å². The average Bonchev–Trinajstić information content (AvgIpc) is 2.63. The molecule has 19 heavy (non-hydrogen) atoms. The summed E-state index contributed by atoms with van der Waals surface area (Å²) in [5.74, 6) is 0.630. The van der Waals surface area contributed by atoms with Gasteiger partial charge in [-0.05, 0) is 54.5 Å². The van der Waals surface area contributed by atoms with Crippen LogP contribution in [0.1, 0.15) is 29.1 Å². The van der Waals surface area contributed by atoms with Crippen molar-refractivity contribution in [3.8, 4) is 0 Å². The van der Waals surface area contributed by atoms with Gasteiger partial charge in [-0.1, -0.05) is 13.8 Å². The quantitative estimate of drug-likeness (QED) is 0.787. The normalized spacial score (nSPS) is 11.4. The van der Waals surface area contributed by atoms with Gasteiger partial charge in [0.05, 0.1) is 8.66 Å². The summed E-state index contributed by atoms with van der Waals surface area (Å²) in [6.07, 6.45) is 0. The Kier molecular flexibility index (Phi) is 6.50. The number of likely N-dealkylation sites (N-methyl/N-ethyl adjacent to an activating group) is 1. The summed E-state index contributed by atoms with van der Waals surface area (Å²) in [5.41, 5.74) is 1.13. The predicted molar refractivity (Wildman–Crippen MR) is 86.1 cm³/mol. The van der Waals surface area contributed by atoms with Crippen molar-refractivity contribution in [2.75, 3.05) is 33.7 Å². The van der Waals surface area contributed by atoms with E-state index in [0.717, 1.165) is 33.9 Å². The third-order valence-electron chi connectivity index (χ3n) is 2.76. The van der Waals surface area contributed by atoms with Crippen molar-refractivity contribution in [2.45, 2.75) is 20.8 Å². The zero-order valence-corrected chi connectivity index (χ0v) is 14.8. The summed E-state index contributed by atoms with van der Waals surface area (Å²) in [5, 5.41) is 0. The minimum absolute atomic E-state index is 0.148. The van der Waals surface area contributed by atoms with E-state index in [1.165, 1.54) is 11.3 Å². The maximum atomic E-state index is 12.6. The number of carbonyl (C=O) groups is 1. The molecule has 108 valence electrons. The first-order valence-electron chi connectivity index (χ1n) is 6.51. The number of halogens is 1. The maximum absolute atomic E-state index is 12.6. The number of carbonyl (C=O) groups excluding carboxylic acids is 1. The maximum Gasteiger partial charge on any atom is 0.264 e. The van der Waals surface area contributed by atoms with Gasteiger partial charge in [-0.3, -0.25) is 4.79 Å². The molecular formula is C14H23BrN2OS. The molecule has 0 atom stereocenters. The van der Waals surface area contributed by atoms with Gasteiger partial charge in [-0.25, -0.2) is 0 Å². The molecular weight excluding hydrogens is 324 g/mol. The molecule has 0 N–H and O–H groups in total. The second-order valence-corrected chi connectivity index (χ2v) is 7.89. The van der Waals surface area contributed by atoms with E-state index >= 15 is 0 Å². The van der Waals surface area contributed by atoms with Crippen molar-refractivity contribution < 1.29 is 4.79 Å². The molecule has 0 spiro atoms. The highest BCUT2D eigenvalue weighted by Gasteiger charge is 2.19. The lowest BCUT2D eigenvalue weighted by Crippen LogP contribution is -2.38. The number of nitrogens with zero attached hydrogens (tertiary/aromatic N) is 2. The molecule has 0 saturated heterocycles. The number of aryl methyl sites for hydroxylation is 1. The van der Waals surface area contributed by atoms with E-state index in [2.05, 4.69) is 34.7 Å². The number of hydrogen-bond donors (Lipinski definition) is 0. The highest BCUT2D eigenvalue weighted by molar-refractivity contribution is 9.11. The smallest absolute Gasteiger partial charge is 0.264 e. The van der Waals surface area contributed by atoms with Crippen LogP contribution in [0.25, 0.3) is 0 Å². The molecule has 0 saturated carbocycles. The number of thiophene rings is 1. The number of rotatable bonds is 6. The molecule has 0 bridgehead atoms. The fourth-order valence-corrected chi connectivity index (χ4v) is 3.26. The SMILES string of the molecule is Cc1cc(C(=O)N(CCN(C)C)CC(C)C)sc1Br. The molecule has 0 radical (unpaired) electrons. The van der Waals surface area contributed by atoms with Gasteiger partial charge >= 0.3 is 0 Å². The van der Waals surface area contributed by atoms with Crippen LogP contribution in [0.3, 0.4) is 0 Å². The van der Waals surface area contributed by atoms with Crippen LogP contribution in [-0.2, 0) is 0 Å². The van der Waals surface area contributed by atoms with Crippen LogP contribution in [0.15, 0.2) is 9.85 Å². The van der Waals surface area contributed by atoms with E-state index in [-0.39, 0.29) is 5.91 Å². The molecule has 1 amide bonds. The molecule has 0 aliphatic rings. The number of amides is 1. The molecule has 1 rings (SSSR count). The fraction of sp³-hybridized carbons (Fsp3) is 0.643. The Bertz CT molecular complexity index is 410. The Labute approximate surface area is 128 Å². The summed E-state index contributed by atoms with van der Waals surface area (Å²) >= 11 is 5.01. The summed E-state index contributed by atoms with van der Waals surface area (Å²) in [6, 6.07) is 1.97. The first-order valence-corrected chi connectivity index (χ1v) is 8.12. The van der Waals surface area contributed by atoms with E-state index in [4.69, 9.17) is 0 Å². The zero-order valence-electron chi connectivity index (χ0n) is 12.4. The van der Waals surface area contributed by atoms with Crippen molar-refractivity contribution in [1.29, 1.82) is 0 Å². The molecule has 3 nitrogen and oxygen atoms in total. The Morgan fingerprint density at radius 1 is 1.37 bits per heavy atom. The third kappa shape index (κ3) is 5.24. The Hall–Kier alpha value is -0.390. The van der Waals surface area contributed by atoms with Crippen LogP contribution in [0, 0.1) is 12.8 Å². The van der Waals surface area contributed by atoms with Crippen LogP contribution in [0.5, 0.6) is 0 Å². The molecule has 0 fully saturated rings. The summed E-state index contributed by atoms with van der Waals surface area (Å²) < 4.78 is 1.05. The lowest BCUT2D eigenvalue weighted by molar-refractivity contribution is 0.0729.